The molecule has 1 amide bonds. The zero-order valence-corrected chi connectivity index (χ0v) is 13.4. The van der Waals surface area contributed by atoms with E-state index in [-0.39, 0.29) is 28.5 Å². The highest BCUT2D eigenvalue weighted by Gasteiger charge is 2.21. The molecule has 0 saturated carbocycles. The van der Waals surface area contributed by atoms with Crippen LogP contribution in [0.5, 0.6) is 0 Å². The van der Waals surface area contributed by atoms with Gasteiger partial charge in [0, 0.05) is 25.4 Å². The molecule has 9 heteroatoms. The third kappa shape index (κ3) is 3.57. The summed E-state index contributed by atoms with van der Waals surface area (Å²) in [5.41, 5.74) is 1.37. The van der Waals surface area contributed by atoms with E-state index in [0.717, 1.165) is 5.56 Å². The molecular weight excluding hydrogens is 332 g/mol. The first-order valence-corrected chi connectivity index (χ1v) is 8.81. The maximum absolute atomic E-state index is 12.4. The molecule has 0 aliphatic carbocycles. The topological polar surface area (TPSA) is 115 Å². The molecule has 0 bridgehead atoms. The van der Waals surface area contributed by atoms with Gasteiger partial charge in [0.1, 0.15) is 5.52 Å². The van der Waals surface area contributed by atoms with E-state index in [1.165, 1.54) is 6.07 Å². The molecule has 0 aliphatic heterocycles. The first kappa shape index (κ1) is 16.1. The minimum Gasteiger partial charge on any atom is -0.352 e. The third-order valence-electron chi connectivity index (χ3n) is 3.39. The second-order valence-electron chi connectivity index (χ2n) is 5.09. The number of carbonyl (C=O) groups is 1. The Morgan fingerprint density at radius 1 is 1.17 bits per heavy atom. The molecule has 24 heavy (non-hydrogen) atoms. The van der Waals surface area contributed by atoms with E-state index in [0.29, 0.717) is 12.1 Å². The van der Waals surface area contributed by atoms with Gasteiger partial charge in [-0.3, -0.25) is 9.78 Å². The predicted molar refractivity (Wildman–Crippen MR) is 84.6 cm³/mol. The molecule has 0 saturated heterocycles. The lowest BCUT2D eigenvalue weighted by Crippen LogP contribution is -2.25. The van der Waals surface area contributed by atoms with Crippen molar-refractivity contribution in [3.8, 4) is 0 Å². The number of carbonyl (C=O) groups excluding carboxylic acids is 1. The predicted octanol–water partition coefficient (Wildman–Crippen LogP) is 1.10. The highest BCUT2D eigenvalue weighted by atomic mass is 32.2. The zero-order chi connectivity index (χ0) is 17.0. The lowest BCUT2D eigenvalue weighted by atomic mass is 10.3. The van der Waals surface area contributed by atoms with Gasteiger partial charge < -0.3 is 5.32 Å². The molecule has 3 aromatic rings. The molecule has 0 spiro atoms. The smallest absolute Gasteiger partial charge is 0.221 e. The van der Waals surface area contributed by atoms with Crippen LogP contribution < -0.4 is 5.32 Å². The summed E-state index contributed by atoms with van der Waals surface area (Å²) in [5, 5.41) is 9.90. The average molecular weight is 346 g/mol. The molecule has 8 nitrogen and oxygen atoms in total. The van der Waals surface area contributed by atoms with Gasteiger partial charge in [0.05, 0.1) is 10.6 Å². The summed E-state index contributed by atoms with van der Waals surface area (Å²) < 4.78 is 29.4. The van der Waals surface area contributed by atoms with Crippen molar-refractivity contribution in [1.82, 2.24) is 20.6 Å². The molecule has 2 heterocycles. The maximum atomic E-state index is 12.4. The van der Waals surface area contributed by atoms with E-state index in [1.54, 1.807) is 30.6 Å². The van der Waals surface area contributed by atoms with Crippen LogP contribution in [0.1, 0.15) is 12.0 Å². The summed E-state index contributed by atoms with van der Waals surface area (Å²) in [6.07, 6.45) is 3.12. The maximum Gasteiger partial charge on any atom is 0.221 e. The van der Waals surface area contributed by atoms with Crippen LogP contribution in [-0.4, -0.2) is 35.4 Å². The summed E-state index contributed by atoms with van der Waals surface area (Å²) in [5.74, 6) is -0.675. The molecule has 2 aromatic heterocycles. The van der Waals surface area contributed by atoms with Crippen molar-refractivity contribution < 1.29 is 17.8 Å². The molecule has 1 N–H and O–H groups in total. The minimum absolute atomic E-state index is 0.0151. The number of rotatable bonds is 6. The number of benzene rings is 1. The van der Waals surface area contributed by atoms with Gasteiger partial charge in [0.25, 0.3) is 0 Å². The van der Waals surface area contributed by atoms with Crippen molar-refractivity contribution in [2.24, 2.45) is 0 Å². The molecule has 0 fully saturated rings. The SMILES string of the molecule is O=C(CCS(=O)(=O)c1cccc2nonc12)NCc1cccnc1. The van der Waals surface area contributed by atoms with Gasteiger partial charge in [0.2, 0.25) is 5.91 Å². The number of amides is 1. The van der Waals surface area contributed by atoms with E-state index in [9.17, 15) is 13.2 Å². The van der Waals surface area contributed by atoms with Gasteiger partial charge in [-0.25, -0.2) is 13.0 Å². The highest BCUT2D eigenvalue weighted by Crippen LogP contribution is 2.21. The number of pyridine rings is 1. The summed E-state index contributed by atoms with van der Waals surface area (Å²) in [6, 6.07) is 8.17. The fourth-order valence-electron chi connectivity index (χ4n) is 2.16. The van der Waals surface area contributed by atoms with Gasteiger partial charge in [-0.15, -0.1) is 0 Å². The van der Waals surface area contributed by atoms with Gasteiger partial charge in [-0.05, 0) is 34.1 Å². The monoisotopic (exact) mass is 346 g/mol. The summed E-state index contributed by atoms with van der Waals surface area (Å²) >= 11 is 0. The van der Waals surface area contributed by atoms with Crippen LogP contribution in [0.25, 0.3) is 11.0 Å². The lowest BCUT2D eigenvalue weighted by Gasteiger charge is -2.06. The van der Waals surface area contributed by atoms with Gasteiger partial charge in [-0.2, -0.15) is 0 Å². The van der Waals surface area contributed by atoms with Crippen molar-refractivity contribution in [3.63, 3.8) is 0 Å². The van der Waals surface area contributed by atoms with Crippen LogP contribution in [0.15, 0.2) is 52.3 Å². The van der Waals surface area contributed by atoms with Crippen molar-refractivity contribution in [2.45, 2.75) is 17.9 Å². The van der Waals surface area contributed by atoms with Crippen LogP contribution in [0.4, 0.5) is 0 Å². The summed E-state index contributed by atoms with van der Waals surface area (Å²) in [4.78, 5) is 15.8. The van der Waals surface area contributed by atoms with E-state index in [4.69, 9.17) is 0 Å². The molecule has 0 atom stereocenters. The Bertz CT molecular complexity index is 954. The Kier molecular flexibility index (Phi) is 4.52. The Morgan fingerprint density at radius 2 is 2.04 bits per heavy atom. The van der Waals surface area contributed by atoms with Crippen LogP contribution in [-0.2, 0) is 21.2 Å². The molecule has 0 aliphatic rings. The van der Waals surface area contributed by atoms with Crippen LogP contribution in [0.3, 0.4) is 0 Å². The van der Waals surface area contributed by atoms with E-state index < -0.39 is 9.84 Å². The fraction of sp³-hybridized carbons (Fsp3) is 0.200. The van der Waals surface area contributed by atoms with Crippen molar-refractivity contribution in [1.29, 1.82) is 0 Å². The van der Waals surface area contributed by atoms with Crippen molar-refractivity contribution in [2.75, 3.05) is 5.75 Å². The molecule has 0 radical (unpaired) electrons. The number of nitrogens with zero attached hydrogens (tertiary/aromatic N) is 3. The quantitative estimate of drug-likeness (QED) is 0.710. The number of fused-ring (bicyclic) bond motifs is 1. The Balaban J connectivity index is 1.63. The van der Waals surface area contributed by atoms with Crippen molar-refractivity contribution >= 4 is 26.8 Å². The zero-order valence-electron chi connectivity index (χ0n) is 12.5. The third-order valence-corrected chi connectivity index (χ3v) is 5.14. The number of aromatic nitrogens is 3. The van der Waals surface area contributed by atoms with Gasteiger partial charge in [-0.1, -0.05) is 12.1 Å². The largest absolute Gasteiger partial charge is 0.352 e. The van der Waals surface area contributed by atoms with E-state index in [1.807, 2.05) is 6.07 Å². The highest BCUT2D eigenvalue weighted by molar-refractivity contribution is 7.91. The normalized spacial score (nSPS) is 11.5. The minimum atomic E-state index is -3.67. The molecule has 0 unspecified atom stereocenters. The molecule has 124 valence electrons. The van der Waals surface area contributed by atoms with E-state index >= 15 is 0 Å². The Hall–Kier alpha value is -2.81. The standard InChI is InChI=1S/C15H14N4O4S/c20-14(17-10-11-3-2-7-16-9-11)6-8-24(21,22)13-5-1-4-12-15(13)19-23-18-12/h1-5,7,9H,6,8,10H2,(H,17,20). The Labute approximate surface area is 137 Å². The van der Waals surface area contributed by atoms with E-state index in [2.05, 4.69) is 25.2 Å². The number of hydrogen-bond donors (Lipinski definition) is 1. The molecule has 1 aromatic carbocycles. The fourth-order valence-corrected chi connectivity index (χ4v) is 3.56. The Morgan fingerprint density at radius 3 is 2.83 bits per heavy atom. The molecular formula is C15H14N4O4S. The first-order chi connectivity index (χ1) is 11.6. The number of hydrogen-bond acceptors (Lipinski definition) is 7. The summed E-state index contributed by atoms with van der Waals surface area (Å²) in [6.45, 7) is 0.301. The van der Waals surface area contributed by atoms with Gasteiger partial charge in [0.15, 0.2) is 15.4 Å². The van der Waals surface area contributed by atoms with Crippen LogP contribution in [0.2, 0.25) is 0 Å². The van der Waals surface area contributed by atoms with Crippen LogP contribution in [0, 0.1) is 0 Å². The second-order valence-corrected chi connectivity index (χ2v) is 7.17. The summed E-state index contributed by atoms with van der Waals surface area (Å²) in [7, 11) is -3.67. The van der Waals surface area contributed by atoms with Gasteiger partial charge >= 0.3 is 0 Å². The lowest BCUT2D eigenvalue weighted by molar-refractivity contribution is -0.120. The second kappa shape index (κ2) is 6.75. The number of nitrogens with one attached hydrogen (secondary N) is 1. The average Bonchev–Trinajstić information content (AvgIpc) is 3.07. The first-order valence-electron chi connectivity index (χ1n) is 7.16. The van der Waals surface area contributed by atoms with Crippen molar-refractivity contribution in [3.05, 3.63) is 48.3 Å². The molecule has 3 rings (SSSR count). The van der Waals surface area contributed by atoms with Crippen LogP contribution >= 0.6 is 0 Å². The number of sulfone groups is 1.